The van der Waals surface area contributed by atoms with Crippen LogP contribution < -0.4 is 15.8 Å². The second-order valence-electron chi connectivity index (χ2n) is 4.82. The first-order valence-electron chi connectivity index (χ1n) is 5.87. The van der Waals surface area contributed by atoms with Gasteiger partial charge in [-0.2, -0.15) is 0 Å². The van der Waals surface area contributed by atoms with Gasteiger partial charge in [0, 0.05) is 11.3 Å². The summed E-state index contributed by atoms with van der Waals surface area (Å²) >= 11 is 0. The molecule has 1 unspecified atom stereocenters. The number of carbonyl (C=O) groups excluding carboxylic acids is 1. The quantitative estimate of drug-likeness (QED) is 0.734. The van der Waals surface area contributed by atoms with Gasteiger partial charge >= 0.3 is 0 Å². The van der Waals surface area contributed by atoms with Crippen LogP contribution in [0.25, 0.3) is 0 Å². The summed E-state index contributed by atoms with van der Waals surface area (Å²) in [6.07, 6.45) is 0.254. The molecule has 0 saturated carbocycles. The van der Waals surface area contributed by atoms with Gasteiger partial charge in [-0.3, -0.25) is 4.79 Å². The Morgan fingerprint density at radius 3 is 2.82 bits per heavy atom. The van der Waals surface area contributed by atoms with Gasteiger partial charge in [-0.1, -0.05) is 13.8 Å². The molecular weight excluding hydrogens is 216 g/mol. The Labute approximate surface area is 101 Å². The van der Waals surface area contributed by atoms with Gasteiger partial charge in [-0.15, -0.1) is 0 Å². The highest BCUT2D eigenvalue weighted by Crippen LogP contribution is 2.38. The predicted octanol–water partition coefficient (Wildman–Crippen LogP) is 2.50. The molecule has 3 N–H and O–H groups in total. The summed E-state index contributed by atoms with van der Waals surface area (Å²) in [5.41, 5.74) is 8.21. The highest BCUT2D eigenvalue weighted by molar-refractivity contribution is 5.94. The van der Waals surface area contributed by atoms with Gasteiger partial charge in [0.25, 0.3) is 0 Å². The molecule has 0 spiro atoms. The zero-order valence-corrected chi connectivity index (χ0v) is 10.4. The Balaban J connectivity index is 2.55. The Kier molecular flexibility index (Phi) is 2.96. The lowest BCUT2D eigenvalue weighted by Crippen LogP contribution is -2.17. The normalized spacial score (nSPS) is 19.3. The Morgan fingerprint density at radius 2 is 2.18 bits per heavy atom. The molecule has 0 radical (unpaired) electrons. The summed E-state index contributed by atoms with van der Waals surface area (Å²) in [5, 5.41) is 2.84. The lowest BCUT2D eigenvalue weighted by atomic mass is 10.0. The second-order valence-corrected chi connectivity index (χ2v) is 4.82. The van der Waals surface area contributed by atoms with Crippen LogP contribution >= 0.6 is 0 Å². The molecule has 92 valence electrons. The number of carbonyl (C=O) groups is 1. The van der Waals surface area contributed by atoms with Crippen LogP contribution in [-0.4, -0.2) is 12.0 Å². The minimum Gasteiger partial charge on any atom is -0.488 e. The minimum atomic E-state index is -0.114. The van der Waals surface area contributed by atoms with Crippen molar-refractivity contribution in [2.24, 2.45) is 0 Å². The maximum absolute atomic E-state index is 11.6. The molecule has 1 aliphatic rings. The fourth-order valence-electron chi connectivity index (χ4n) is 2.03. The molecule has 1 heterocycles. The van der Waals surface area contributed by atoms with Crippen molar-refractivity contribution in [1.82, 2.24) is 0 Å². The summed E-state index contributed by atoms with van der Waals surface area (Å²) in [6, 6.07) is 3.66. The van der Waals surface area contributed by atoms with E-state index in [4.69, 9.17) is 10.5 Å². The first-order valence-corrected chi connectivity index (χ1v) is 5.87. The maximum Gasteiger partial charge on any atom is 0.228 e. The van der Waals surface area contributed by atoms with Gasteiger partial charge in [0.2, 0.25) is 5.91 Å². The molecule has 0 fully saturated rings. The van der Waals surface area contributed by atoms with E-state index in [9.17, 15) is 4.79 Å². The van der Waals surface area contributed by atoms with Crippen LogP contribution in [0.1, 0.15) is 38.7 Å². The Morgan fingerprint density at radius 1 is 1.47 bits per heavy atom. The molecule has 0 aliphatic carbocycles. The van der Waals surface area contributed by atoms with Crippen molar-refractivity contribution in [1.29, 1.82) is 0 Å². The van der Waals surface area contributed by atoms with Crippen LogP contribution in [0.4, 0.5) is 11.4 Å². The summed E-state index contributed by atoms with van der Waals surface area (Å²) < 4.78 is 5.84. The van der Waals surface area contributed by atoms with Crippen LogP contribution in [0, 0.1) is 0 Å². The van der Waals surface area contributed by atoms with Crippen LogP contribution in [0.5, 0.6) is 5.75 Å². The number of benzene rings is 1. The minimum absolute atomic E-state index is 0.0310. The molecule has 4 heteroatoms. The van der Waals surface area contributed by atoms with E-state index >= 15 is 0 Å². The monoisotopic (exact) mass is 234 g/mol. The molecule has 0 saturated heterocycles. The molecule has 1 aliphatic heterocycles. The summed E-state index contributed by atoms with van der Waals surface area (Å²) in [6.45, 7) is 6.06. The van der Waals surface area contributed by atoms with Gasteiger partial charge < -0.3 is 15.8 Å². The number of hydrogen-bond acceptors (Lipinski definition) is 3. The van der Waals surface area contributed by atoms with Crippen molar-refractivity contribution in [2.45, 2.75) is 39.2 Å². The Hall–Kier alpha value is -1.71. The zero-order valence-electron chi connectivity index (χ0n) is 10.4. The number of fused-ring (bicyclic) bond motifs is 1. The lowest BCUT2D eigenvalue weighted by molar-refractivity contribution is -0.117. The molecule has 4 nitrogen and oxygen atoms in total. The average Bonchev–Trinajstić information content (AvgIpc) is 2.33. The number of rotatable bonds is 1. The van der Waals surface area contributed by atoms with Crippen LogP contribution in [0.15, 0.2) is 12.1 Å². The SMILES string of the molecule is CC1CC(=O)Nc2cc(N)cc(C(C)C)c2O1. The van der Waals surface area contributed by atoms with Crippen molar-refractivity contribution in [2.75, 3.05) is 11.1 Å². The van der Waals surface area contributed by atoms with E-state index in [0.29, 0.717) is 23.7 Å². The highest BCUT2D eigenvalue weighted by Gasteiger charge is 2.23. The smallest absolute Gasteiger partial charge is 0.228 e. The molecule has 17 heavy (non-hydrogen) atoms. The third-order valence-electron chi connectivity index (χ3n) is 2.83. The fourth-order valence-corrected chi connectivity index (χ4v) is 2.03. The van der Waals surface area contributed by atoms with Gasteiger partial charge in [-0.05, 0) is 25.0 Å². The van der Waals surface area contributed by atoms with Gasteiger partial charge in [0.15, 0.2) is 0 Å². The fraction of sp³-hybridized carbons (Fsp3) is 0.462. The second kappa shape index (κ2) is 4.28. The number of hydrogen-bond donors (Lipinski definition) is 2. The third kappa shape index (κ3) is 2.35. The van der Waals surface area contributed by atoms with Crippen LogP contribution in [-0.2, 0) is 4.79 Å². The van der Waals surface area contributed by atoms with E-state index in [0.717, 1.165) is 11.3 Å². The van der Waals surface area contributed by atoms with E-state index in [-0.39, 0.29) is 12.0 Å². The van der Waals surface area contributed by atoms with E-state index in [2.05, 4.69) is 19.2 Å². The molecular formula is C13H18N2O2. The number of amides is 1. The van der Waals surface area contributed by atoms with Crippen LogP contribution in [0.3, 0.4) is 0 Å². The standard InChI is InChI=1S/C13H18N2O2/c1-7(2)10-5-9(14)6-11-13(10)17-8(3)4-12(16)15-11/h5-8H,4,14H2,1-3H3,(H,15,16). The lowest BCUT2D eigenvalue weighted by Gasteiger charge is -2.18. The first kappa shape index (κ1) is 11.8. The number of nitrogens with two attached hydrogens (primary N) is 1. The number of nitrogens with one attached hydrogen (secondary N) is 1. The predicted molar refractivity (Wildman–Crippen MR) is 68.3 cm³/mol. The van der Waals surface area contributed by atoms with Crippen LogP contribution in [0.2, 0.25) is 0 Å². The van der Waals surface area contributed by atoms with Gasteiger partial charge in [0.1, 0.15) is 11.9 Å². The molecule has 2 rings (SSSR count). The summed E-state index contributed by atoms with van der Waals surface area (Å²) in [4.78, 5) is 11.6. The maximum atomic E-state index is 11.6. The van der Waals surface area contributed by atoms with E-state index in [1.165, 1.54) is 0 Å². The molecule has 0 bridgehead atoms. The molecule has 1 aromatic carbocycles. The zero-order chi connectivity index (χ0) is 12.6. The molecule has 1 amide bonds. The molecule has 1 aromatic rings. The summed E-state index contributed by atoms with van der Waals surface area (Å²) in [5.74, 6) is 1.03. The number of anilines is 2. The molecule has 1 atom stereocenters. The van der Waals surface area contributed by atoms with E-state index in [1.807, 2.05) is 13.0 Å². The van der Waals surface area contributed by atoms with Gasteiger partial charge in [0.05, 0.1) is 12.1 Å². The number of ether oxygens (including phenoxy) is 1. The van der Waals surface area contributed by atoms with Crippen molar-refractivity contribution < 1.29 is 9.53 Å². The highest BCUT2D eigenvalue weighted by atomic mass is 16.5. The third-order valence-corrected chi connectivity index (χ3v) is 2.83. The van der Waals surface area contributed by atoms with Gasteiger partial charge in [-0.25, -0.2) is 0 Å². The molecule has 0 aromatic heterocycles. The summed E-state index contributed by atoms with van der Waals surface area (Å²) in [7, 11) is 0. The van der Waals surface area contributed by atoms with E-state index in [1.54, 1.807) is 6.07 Å². The van der Waals surface area contributed by atoms with Crippen molar-refractivity contribution >= 4 is 17.3 Å². The Bertz CT molecular complexity index is 455. The van der Waals surface area contributed by atoms with Crippen molar-refractivity contribution in [3.63, 3.8) is 0 Å². The topological polar surface area (TPSA) is 64.4 Å². The first-order chi connectivity index (χ1) is 7.97. The van der Waals surface area contributed by atoms with E-state index < -0.39 is 0 Å². The van der Waals surface area contributed by atoms with Crippen molar-refractivity contribution in [3.8, 4) is 5.75 Å². The largest absolute Gasteiger partial charge is 0.488 e. The number of nitrogen functional groups attached to an aromatic ring is 1. The van der Waals surface area contributed by atoms with Crippen molar-refractivity contribution in [3.05, 3.63) is 17.7 Å². The average molecular weight is 234 g/mol.